The molecule has 0 spiro atoms. The van der Waals surface area contributed by atoms with Crippen LogP contribution in [0.5, 0.6) is 5.75 Å². The summed E-state index contributed by atoms with van der Waals surface area (Å²) in [4.78, 5) is 11.5. The predicted octanol–water partition coefficient (Wildman–Crippen LogP) is 1.57. The highest BCUT2D eigenvalue weighted by Gasteiger charge is 2.10. The third kappa shape index (κ3) is 6.91. The number of rotatable bonds is 6. The molecule has 0 aliphatic rings. The van der Waals surface area contributed by atoms with Gasteiger partial charge in [-0.05, 0) is 32.9 Å². The van der Waals surface area contributed by atoms with Crippen LogP contribution in [0, 0.1) is 0 Å². The fourth-order valence-electron chi connectivity index (χ4n) is 1.28. The summed E-state index contributed by atoms with van der Waals surface area (Å²) in [5, 5.41) is 5.93. The van der Waals surface area contributed by atoms with E-state index in [2.05, 4.69) is 10.6 Å². The van der Waals surface area contributed by atoms with Gasteiger partial charge in [0.1, 0.15) is 12.4 Å². The van der Waals surface area contributed by atoms with Crippen LogP contribution in [0.4, 0.5) is 0 Å². The van der Waals surface area contributed by atoms with Gasteiger partial charge in [-0.1, -0.05) is 18.2 Å². The van der Waals surface area contributed by atoms with Crippen molar-refractivity contribution in [2.45, 2.75) is 26.3 Å². The molecule has 2 N–H and O–H groups in total. The summed E-state index contributed by atoms with van der Waals surface area (Å²) in [5.41, 5.74) is -0.0438. The van der Waals surface area contributed by atoms with Crippen LogP contribution in [-0.4, -0.2) is 31.1 Å². The fraction of sp³-hybridized carbons (Fsp3) is 0.500. The quantitative estimate of drug-likeness (QED) is 0.754. The molecule has 0 aromatic heterocycles. The summed E-state index contributed by atoms with van der Waals surface area (Å²) < 4.78 is 5.47. The second kappa shape index (κ2) is 7.01. The molecule has 0 atom stereocenters. The zero-order valence-corrected chi connectivity index (χ0v) is 11.3. The molecule has 0 bridgehead atoms. The zero-order valence-electron chi connectivity index (χ0n) is 11.3. The Morgan fingerprint density at radius 2 is 1.89 bits per heavy atom. The fourth-order valence-corrected chi connectivity index (χ4v) is 1.28. The Morgan fingerprint density at radius 3 is 2.50 bits per heavy atom. The molecule has 1 amide bonds. The van der Waals surface area contributed by atoms with Gasteiger partial charge in [0.2, 0.25) is 5.91 Å². The Kier molecular flexibility index (Phi) is 5.65. The molecule has 100 valence electrons. The van der Waals surface area contributed by atoms with Crippen molar-refractivity contribution in [3.05, 3.63) is 30.3 Å². The van der Waals surface area contributed by atoms with Crippen molar-refractivity contribution in [2.75, 3.05) is 19.7 Å². The largest absolute Gasteiger partial charge is 0.492 e. The third-order valence-electron chi connectivity index (χ3n) is 2.22. The number of amides is 1. The molecular formula is C14H22N2O2. The second-order valence-corrected chi connectivity index (χ2v) is 5.12. The molecular weight excluding hydrogens is 228 g/mol. The van der Waals surface area contributed by atoms with Gasteiger partial charge < -0.3 is 15.4 Å². The van der Waals surface area contributed by atoms with Crippen molar-refractivity contribution in [1.29, 1.82) is 0 Å². The molecule has 1 aromatic carbocycles. The molecule has 0 aliphatic heterocycles. The lowest BCUT2D eigenvalue weighted by Crippen LogP contribution is -2.43. The van der Waals surface area contributed by atoms with Gasteiger partial charge in [0, 0.05) is 5.54 Å². The van der Waals surface area contributed by atoms with Gasteiger partial charge in [-0.15, -0.1) is 0 Å². The minimum atomic E-state index is -0.0438. The molecule has 0 radical (unpaired) electrons. The number of hydrogen-bond donors (Lipinski definition) is 2. The van der Waals surface area contributed by atoms with Gasteiger partial charge in [-0.3, -0.25) is 4.79 Å². The van der Waals surface area contributed by atoms with Crippen LogP contribution >= 0.6 is 0 Å². The maximum Gasteiger partial charge on any atom is 0.234 e. The number of hydrogen-bond acceptors (Lipinski definition) is 3. The molecule has 4 heteroatoms. The highest BCUT2D eigenvalue weighted by Crippen LogP contribution is 2.07. The molecule has 0 fully saturated rings. The van der Waals surface area contributed by atoms with Gasteiger partial charge in [0.25, 0.3) is 0 Å². The van der Waals surface area contributed by atoms with Crippen LogP contribution in [0.3, 0.4) is 0 Å². The van der Waals surface area contributed by atoms with E-state index in [4.69, 9.17) is 4.74 Å². The Labute approximate surface area is 109 Å². The third-order valence-corrected chi connectivity index (χ3v) is 2.22. The van der Waals surface area contributed by atoms with Gasteiger partial charge in [-0.25, -0.2) is 0 Å². The number of para-hydroxylation sites is 1. The highest BCUT2D eigenvalue weighted by molar-refractivity contribution is 5.78. The van der Waals surface area contributed by atoms with Crippen molar-refractivity contribution in [2.24, 2.45) is 0 Å². The van der Waals surface area contributed by atoms with Crippen LogP contribution in [-0.2, 0) is 4.79 Å². The van der Waals surface area contributed by atoms with E-state index in [1.807, 2.05) is 51.1 Å². The van der Waals surface area contributed by atoms with Crippen LogP contribution in [0.25, 0.3) is 0 Å². The van der Waals surface area contributed by atoms with Crippen molar-refractivity contribution >= 4 is 5.91 Å². The van der Waals surface area contributed by atoms with Crippen molar-refractivity contribution in [1.82, 2.24) is 10.6 Å². The standard InChI is InChI=1S/C14H22N2O2/c1-14(2,3)16-11-13(17)15-9-10-18-12-7-5-4-6-8-12/h4-8,16H,9-11H2,1-3H3,(H,15,17). The van der Waals surface area contributed by atoms with Crippen LogP contribution < -0.4 is 15.4 Å². The Bertz CT molecular complexity index is 358. The van der Waals surface area contributed by atoms with Crippen molar-refractivity contribution in [3.8, 4) is 5.75 Å². The molecule has 4 nitrogen and oxygen atoms in total. The number of carbonyl (C=O) groups excluding carboxylic acids is 1. The first kappa shape index (κ1) is 14.5. The Balaban J connectivity index is 2.09. The number of carbonyl (C=O) groups is 1. The van der Waals surface area contributed by atoms with E-state index in [1.165, 1.54) is 0 Å². The summed E-state index contributed by atoms with van der Waals surface area (Å²) >= 11 is 0. The van der Waals surface area contributed by atoms with E-state index < -0.39 is 0 Å². The van der Waals surface area contributed by atoms with E-state index in [9.17, 15) is 4.79 Å². The first-order valence-corrected chi connectivity index (χ1v) is 6.17. The van der Waals surface area contributed by atoms with Crippen molar-refractivity contribution < 1.29 is 9.53 Å². The number of benzene rings is 1. The maximum absolute atomic E-state index is 11.5. The molecule has 1 rings (SSSR count). The predicted molar refractivity (Wildman–Crippen MR) is 72.7 cm³/mol. The second-order valence-electron chi connectivity index (χ2n) is 5.12. The summed E-state index contributed by atoms with van der Waals surface area (Å²) in [6.07, 6.45) is 0. The van der Waals surface area contributed by atoms with Crippen molar-refractivity contribution in [3.63, 3.8) is 0 Å². The first-order chi connectivity index (χ1) is 8.47. The minimum absolute atomic E-state index is 0.0124. The summed E-state index contributed by atoms with van der Waals surface area (Å²) in [5.74, 6) is 0.807. The maximum atomic E-state index is 11.5. The molecule has 1 aromatic rings. The number of nitrogens with one attached hydrogen (secondary N) is 2. The summed E-state index contributed by atoms with van der Waals surface area (Å²) in [6.45, 7) is 7.40. The van der Waals surface area contributed by atoms with Crippen LogP contribution in [0.15, 0.2) is 30.3 Å². The SMILES string of the molecule is CC(C)(C)NCC(=O)NCCOc1ccccc1. The van der Waals surface area contributed by atoms with E-state index >= 15 is 0 Å². The lowest BCUT2D eigenvalue weighted by Gasteiger charge is -2.20. The average molecular weight is 250 g/mol. The van der Waals surface area contributed by atoms with Crippen LogP contribution in [0.1, 0.15) is 20.8 Å². The van der Waals surface area contributed by atoms with E-state index in [0.29, 0.717) is 19.7 Å². The molecule has 0 heterocycles. The van der Waals surface area contributed by atoms with Crippen LogP contribution in [0.2, 0.25) is 0 Å². The first-order valence-electron chi connectivity index (χ1n) is 6.17. The lowest BCUT2D eigenvalue weighted by molar-refractivity contribution is -0.120. The number of ether oxygens (including phenoxy) is 1. The monoisotopic (exact) mass is 250 g/mol. The lowest BCUT2D eigenvalue weighted by atomic mass is 10.1. The Morgan fingerprint density at radius 1 is 1.22 bits per heavy atom. The summed E-state index contributed by atoms with van der Waals surface area (Å²) in [7, 11) is 0. The average Bonchev–Trinajstić information content (AvgIpc) is 2.33. The van der Waals surface area contributed by atoms with Gasteiger partial charge in [-0.2, -0.15) is 0 Å². The van der Waals surface area contributed by atoms with E-state index in [1.54, 1.807) is 0 Å². The molecule has 0 aliphatic carbocycles. The normalized spacial score (nSPS) is 11.1. The zero-order chi connectivity index (χ0) is 13.4. The van der Waals surface area contributed by atoms with E-state index in [-0.39, 0.29) is 11.4 Å². The van der Waals surface area contributed by atoms with Gasteiger partial charge >= 0.3 is 0 Å². The van der Waals surface area contributed by atoms with Gasteiger partial charge in [0.15, 0.2) is 0 Å². The Hall–Kier alpha value is -1.55. The molecule has 0 saturated heterocycles. The minimum Gasteiger partial charge on any atom is -0.492 e. The highest BCUT2D eigenvalue weighted by atomic mass is 16.5. The van der Waals surface area contributed by atoms with E-state index in [0.717, 1.165) is 5.75 Å². The smallest absolute Gasteiger partial charge is 0.234 e. The molecule has 18 heavy (non-hydrogen) atoms. The molecule has 0 unspecified atom stereocenters. The summed E-state index contributed by atoms with van der Waals surface area (Å²) in [6, 6.07) is 9.56. The molecule has 0 saturated carbocycles. The van der Waals surface area contributed by atoms with Gasteiger partial charge in [0.05, 0.1) is 13.1 Å². The topological polar surface area (TPSA) is 50.4 Å².